The lowest BCUT2D eigenvalue weighted by Gasteiger charge is -2.29. The summed E-state index contributed by atoms with van der Waals surface area (Å²) in [4.78, 5) is 4.36. The summed E-state index contributed by atoms with van der Waals surface area (Å²) in [5.41, 5.74) is 1.13. The maximum absolute atomic E-state index is 5.37. The van der Waals surface area contributed by atoms with Crippen molar-refractivity contribution in [2.75, 3.05) is 20.8 Å². The summed E-state index contributed by atoms with van der Waals surface area (Å²) < 4.78 is 10.6. The Labute approximate surface area is 116 Å². The van der Waals surface area contributed by atoms with Crippen molar-refractivity contribution in [3.05, 3.63) is 18.0 Å². The largest absolute Gasteiger partial charge is 0.493 e. The van der Waals surface area contributed by atoms with Crippen molar-refractivity contribution >= 4 is 0 Å². The van der Waals surface area contributed by atoms with E-state index in [4.69, 9.17) is 9.47 Å². The Morgan fingerprint density at radius 1 is 1.26 bits per heavy atom. The van der Waals surface area contributed by atoms with Gasteiger partial charge in [0, 0.05) is 25.4 Å². The highest BCUT2D eigenvalue weighted by molar-refractivity contribution is 5.42. The zero-order valence-electron chi connectivity index (χ0n) is 12.9. The van der Waals surface area contributed by atoms with Gasteiger partial charge >= 0.3 is 0 Å². The molecule has 0 unspecified atom stereocenters. The molecule has 0 atom stereocenters. The topological polar surface area (TPSA) is 43.4 Å². The molecule has 0 fully saturated rings. The number of rotatable bonds is 7. The normalized spacial score (nSPS) is 11.7. The Morgan fingerprint density at radius 2 is 1.95 bits per heavy atom. The van der Waals surface area contributed by atoms with E-state index in [9.17, 15) is 0 Å². The number of hydrogen-bond donors (Lipinski definition) is 1. The third-order valence-electron chi connectivity index (χ3n) is 3.80. The number of ether oxygens (including phenoxy) is 2. The number of methoxy groups -OCH3 is 2. The zero-order chi connectivity index (χ0) is 14.5. The maximum Gasteiger partial charge on any atom is 0.183 e. The van der Waals surface area contributed by atoms with Crippen LogP contribution in [0.15, 0.2) is 12.3 Å². The minimum absolute atomic E-state index is 0.256. The van der Waals surface area contributed by atoms with Crippen LogP contribution in [0.3, 0.4) is 0 Å². The smallest absolute Gasteiger partial charge is 0.183 e. The fraction of sp³-hybridized carbons (Fsp3) is 0.667. The summed E-state index contributed by atoms with van der Waals surface area (Å²) in [6.45, 7) is 10.6. The molecule has 1 heterocycles. The second-order valence-corrected chi connectivity index (χ2v) is 5.74. The molecule has 4 nitrogen and oxygen atoms in total. The predicted octanol–water partition coefficient (Wildman–Crippen LogP) is 2.87. The monoisotopic (exact) mass is 266 g/mol. The van der Waals surface area contributed by atoms with Gasteiger partial charge in [0.2, 0.25) is 0 Å². The summed E-state index contributed by atoms with van der Waals surface area (Å²) in [5, 5.41) is 3.45. The summed E-state index contributed by atoms with van der Waals surface area (Å²) in [5.74, 6) is 2.05. The second kappa shape index (κ2) is 6.75. The molecule has 0 amide bonds. The van der Waals surface area contributed by atoms with Gasteiger partial charge in [0.15, 0.2) is 11.5 Å². The van der Waals surface area contributed by atoms with E-state index in [1.54, 1.807) is 26.5 Å². The van der Waals surface area contributed by atoms with Crippen molar-refractivity contribution < 1.29 is 9.47 Å². The van der Waals surface area contributed by atoms with Gasteiger partial charge in [-0.1, -0.05) is 27.7 Å². The van der Waals surface area contributed by atoms with E-state index in [0.29, 0.717) is 18.2 Å². The maximum atomic E-state index is 5.37. The first-order valence-corrected chi connectivity index (χ1v) is 6.69. The Hall–Kier alpha value is -1.29. The average molecular weight is 266 g/mol. The first-order chi connectivity index (χ1) is 8.92. The van der Waals surface area contributed by atoms with E-state index in [2.05, 4.69) is 38.0 Å². The summed E-state index contributed by atoms with van der Waals surface area (Å²) in [6.07, 6.45) is 1.74. The molecule has 1 aromatic rings. The number of aromatic nitrogens is 1. The highest BCUT2D eigenvalue weighted by Gasteiger charge is 2.22. The molecule has 0 aromatic carbocycles. The molecule has 0 saturated heterocycles. The van der Waals surface area contributed by atoms with Gasteiger partial charge in [-0.15, -0.1) is 0 Å². The van der Waals surface area contributed by atoms with Crippen LogP contribution in [0.4, 0.5) is 0 Å². The summed E-state index contributed by atoms with van der Waals surface area (Å²) in [7, 11) is 3.28. The van der Waals surface area contributed by atoms with Crippen molar-refractivity contribution in [1.82, 2.24) is 10.3 Å². The van der Waals surface area contributed by atoms with Crippen LogP contribution in [0.5, 0.6) is 11.5 Å². The van der Waals surface area contributed by atoms with Gasteiger partial charge in [-0.2, -0.15) is 0 Å². The Balaban J connectivity index is 2.68. The van der Waals surface area contributed by atoms with Gasteiger partial charge in [0.25, 0.3) is 0 Å². The highest BCUT2D eigenvalue weighted by atomic mass is 16.5. The molecule has 0 spiro atoms. The first-order valence-electron chi connectivity index (χ1n) is 6.69. The van der Waals surface area contributed by atoms with E-state index in [1.165, 1.54) is 0 Å². The fourth-order valence-electron chi connectivity index (χ4n) is 1.68. The Bertz CT molecular complexity index is 403. The molecule has 0 saturated carbocycles. The second-order valence-electron chi connectivity index (χ2n) is 5.74. The first kappa shape index (κ1) is 15.8. The van der Waals surface area contributed by atoms with Crippen molar-refractivity contribution in [2.24, 2.45) is 11.3 Å². The summed E-state index contributed by atoms with van der Waals surface area (Å²) >= 11 is 0. The van der Waals surface area contributed by atoms with Gasteiger partial charge in [-0.25, -0.2) is 0 Å². The molecule has 0 aliphatic rings. The van der Waals surface area contributed by atoms with Gasteiger partial charge in [-0.05, 0) is 11.3 Å². The molecule has 19 heavy (non-hydrogen) atoms. The van der Waals surface area contributed by atoms with Gasteiger partial charge < -0.3 is 14.8 Å². The molecular weight excluding hydrogens is 240 g/mol. The lowest BCUT2D eigenvalue weighted by atomic mass is 9.81. The summed E-state index contributed by atoms with van der Waals surface area (Å²) in [6, 6.07) is 1.81. The zero-order valence-corrected chi connectivity index (χ0v) is 12.9. The van der Waals surface area contributed by atoms with Crippen LogP contribution in [0.25, 0.3) is 0 Å². The van der Waals surface area contributed by atoms with Crippen molar-refractivity contribution in [3.63, 3.8) is 0 Å². The predicted molar refractivity (Wildman–Crippen MR) is 77.7 cm³/mol. The van der Waals surface area contributed by atoms with Crippen molar-refractivity contribution in [2.45, 2.75) is 34.2 Å². The van der Waals surface area contributed by atoms with Gasteiger partial charge in [-0.3, -0.25) is 4.98 Å². The average Bonchev–Trinajstić information content (AvgIpc) is 2.37. The Morgan fingerprint density at radius 3 is 2.47 bits per heavy atom. The molecule has 0 radical (unpaired) electrons. The number of nitrogens with zero attached hydrogens (tertiary/aromatic N) is 1. The molecule has 1 aromatic heterocycles. The minimum Gasteiger partial charge on any atom is -0.493 e. The fourth-order valence-corrected chi connectivity index (χ4v) is 1.68. The quantitative estimate of drug-likeness (QED) is 0.824. The Kier molecular flexibility index (Phi) is 5.60. The standard InChI is InChI=1S/C15H26N2O2/c1-11(2)15(3,4)10-16-9-12-14(19-6)13(18-5)7-8-17-12/h7-8,11,16H,9-10H2,1-6H3. The molecule has 0 aliphatic carbocycles. The van der Waals surface area contributed by atoms with E-state index in [1.807, 2.05) is 0 Å². The van der Waals surface area contributed by atoms with E-state index in [-0.39, 0.29) is 5.41 Å². The van der Waals surface area contributed by atoms with Crippen LogP contribution >= 0.6 is 0 Å². The van der Waals surface area contributed by atoms with Crippen LogP contribution in [-0.4, -0.2) is 25.7 Å². The molecule has 1 rings (SSSR count). The van der Waals surface area contributed by atoms with Crippen LogP contribution in [0.1, 0.15) is 33.4 Å². The number of hydrogen-bond acceptors (Lipinski definition) is 4. The molecular formula is C15H26N2O2. The van der Waals surface area contributed by atoms with Crippen molar-refractivity contribution in [3.8, 4) is 11.5 Å². The molecule has 0 bridgehead atoms. The van der Waals surface area contributed by atoms with Crippen LogP contribution in [-0.2, 0) is 6.54 Å². The number of nitrogens with one attached hydrogen (secondary N) is 1. The minimum atomic E-state index is 0.256. The third-order valence-corrected chi connectivity index (χ3v) is 3.80. The van der Waals surface area contributed by atoms with Gasteiger partial charge in [0.1, 0.15) is 0 Å². The highest BCUT2D eigenvalue weighted by Crippen LogP contribution is 2.29. The van der Waals surface area contributed by atoms with E-state index in [0.717, 1.165) is 18.0 Å². The molecule has 1 N–H and O–H groups in total. The van der Waals surface area contributed by atoms with E-state index >= 15 is 0 Å². The molecule has 108 valence electrons. The molecule has 0 aliphatic heterocycles. The van der Waals surface area contributed by atoms with Crippen molar-refractivity contribution in [1.29, 1.82) is 0 Å². The van der Waals surface area contributed by atoms with Gasteiger partial charge in [0.05, 0.1) is 19.9 Å². The third kappa shape index (κ3) is 4.10. The van der Waals surface area contributed by atoms with E-state index < -0.39 is 0 Å². The van der Waals surface area contributed by atoms with Crippen LogP contribution in [0.2, 0.25) is 0 Å². The number of pyridine rings is 1. The SMILES string of the molecule is COc1ccnc(CNCC(C)(C)C(C)C)c1OC. The lowest BCUT2D eigenvalue weighted by Crippen LogP contribution is -2.33. The van der Waals surface area contributed by atoms with Crippen LogP contribution < -0.4 is 14.8 Å². The lowest BCUT2D eigenvalue weighted by molar-refractivity contribution is 0.237. The van der Waals surface area contributed by atoms with Crippen LogP contribution in [0, 0.1) is 11.3 Å². The molecule has 4 heteroatoms.